The van der Waals surface area contributed by atoms with Crippen molar-refractivity contribution in [3.05, 3.63) is 54.6 Å². The van der Waals surface area contributed by atoms with Gasteiger partial charge in [-0.2, -0.15) is 15.1 Å². The van der Waals surface area contributed by atoms with E-state index >= 15 is 0 Å². The van der Waals surface area contributed by atoms with Crippen LogP contribution in [0.25, 0.3) is 33.1 Å². The second-order valence-electron chi connectivity index (χ2n) is 8.69. The molecule has 0 aliphatic rings. The number of nitrogen functional groups attached to an aromatic ring is 1. The van der Waals surface area contributed by atoms with E-state index in [0.717, 1.165) is 33.1 Å². The second-order valence-corrected chi connectivity index (χ2v) is 8.69. The number of carbonyl (C=O) groups is 1. The van der Waals surface area contributed by atoms with Crippen LogP contribution in [-0.4, -0.2) is 54.1 Å². The van der Waals surface area contributed by atoms with Crippen LogP contribution in [-0.2, 0) is 0 Å². The number of nitrogens with zero attached hydrogens (tertiary/aromatic N) is 6. The first-order chi connectivity index (χ1) is 16.9. The summed E-state index contributed by atoms with van der Waals surface area (Å²) in [6.07, 6.45) is 5.47. The second kappa shape index (κ2) is 8.71. The van der Waals surface area contributed by atoms with E-state index in [1.165, 1.54) is 0 Å². The minimum atomic E-state index is -0.129. The van der Waals surface area contributed by atoms with Crippen molar-refractivity contribution in [2.45, 2.75) is 26.8 Å². The van der Waals surface area contributed by atoms with Crippen LogP contribution in [0.4, 0.5) is 17.5 Å². The lowest BCUT2D eigenvalue weighted by molar-refractivity contribution is 0.0796. The summed E-state index contributed by atoms with van der Waals surface area (Å²) in [5.74, 6) is 0.599. The zero-order chi connectivity index (χ0) is 24.7. The number of benzene rings is 1. The van der Waals surface area contributed by atoms with E-state index in [9.17, 15) is 4.79 Å². The standard InChI is InChI=1S/C25H27N9O/c1-5-33(4)24(35)20-10-9-15(11-27-20)29-25-30-22(26)21-18(13-34(14(2)3)23(21)31-25)16-7-6-8-19-17(16)12-28-32-19/h6-14H,5H2,1-4H3,(H,28,32)(H3,26,29,30,31). The topological polar surface area (TPSA) is 131 Å². The molecule has 0 aliphatic heterocycles. The number of hydrogen-bond acceptors (Lipinski definition) is 7. The lowest BCUT2D eigenvalue weighted by atomic mass is 10.0. The molecule has 0 spiro atoms. The average Bonchev–Trinajstić information content (AvgIpc) is 3.49. The molecule has 10 heteroatoms. The molecule has 0 atom stereocenters. The zero-order valence-corrected chi connectivity index (χ0v) is 20.1. The Balaban J connectivity index is 1.55. The van der Waals surface area contributed by atoms with E-state index in [0.29, 0.717) is 29.7 Å². The number of carbonyl (C=O) groups excluding carboxylic acids is 1. The first-order valence-electron chi connectivity index (χ1n) is 11.5. The van der Waals surface area contributed by atoms with E-state index in [1.807, 2.05) is 31.3 Å². The number of aromatic amines is 1. The largest absolute Gasteiger partial charge is 0.383 e. The molecule has 0 unspecified atom stereocenters. The maximum absolute atomic E-state index is 12.3. The van der Waals surface area contributed by atoms with Crippen molar-refractivity contribution < 1.29 is 4.79 Å². The van der Waals surface area contributed by atoms with Gasteiger partial charge in [0.05, 0.1) is 29.0 Å². The molecule has 4 aromatic heterocycles. The highest BCUT2D eigenvalue weighted by atomic mass is 16.2. The Kier molecular flexibility index (Phi) is 5.56. The van der Waals surface area contributed by atoms with Gasteiger partial charge >= 0.3 is 0 Å². The van der Waals surface area contributed by atoms with Gasteiger partial charge in [-0.1, -0.05) is 12.1 Å². The summed E-state index contributed by atoms with van der Waals surface area (Å²) in [7, 11) is 1.74. The van der Waals surface area contributed by atoms with E-state index in [2.05, 4.69) is 50.1 Å². The van der Waals surface area contributed by atoms with Crippen molar-refractivity contribution in [3.63, 3.8) is 0 Å². The molecule has 5 rings (SSSR count). The van der Waals surface area contributed by atoms with Gasteiger partial charge in [0.2, 0.25) is 5.95 Å². The maximum Gasteiger partial charge on any atom is 0.272 e. The summed E-state index contributed by atoms with van der Waals surface area (Å²) in [5.41, 5.74) is 11.2. The number of fused-ring (bicyclic) bond motifs is 2. The van der Waals surface area contributed by atoms with Crippen molar-refractivity contribution in [1.29, 1.82) is 0 Å². The summed E-state index contributed by atoms with van der Waals surface area (Å²) in [6.45, 7) is 6.72. The zero-order valence-electron chi connectivity index (χ0n) is 20.1. The van der Waals surface area contributed by atoms with Crippen LogP contribution in [0.3, 0.4) is 0 Å². The fraction of sp³-hybridized carbons (Fsp3) is 0.240. The Labute approximate surface area is 202 Å². The van der Waals surface area contributed by atoms with E-state index in [4.69, 9.17) is 10.7 Å². The van der Waals surface area contributed by atoms with Crippen LogP contribution >= 0.6 is 0 Å². The highest BCUT2D eigenvalue weighted by Gasteiger charge is 2.20. The third-order valence-corrected chi connectivity index (χ3v) is 6.09. The fourth-order valence-corrected chi connectivity index (χ4v) is 4.10. The van der Waals surface area contributed by atoms with Crippen LogP contribution in [0, 0.1) is 0 Å². The number of rotatable bonds is 6. The highest BCUT2D eigenvalue weighted by Crippen LogP contribution is 2.38. The van der Waals surface area contributed by atoms with Crippen molar-refractivity contribution >= 4 is 45.3 Å². The van der Waals surface area contributed by atoms with Crippen LogP contribution in [0.15, 0.2) is 48.9 Å². The maximum atomic E-state index is 12.3. The van der Waals surface area contributed by atoms with Crippen molar-refractivity contribution in [3.8, 4) is 11.1 Å². The predicted molar refractivity (Wildman–Crippen MR) is 138 cm³/mol. The SMILES string of the molecule is CCN(C)C(=O)c1ccc(Nc2nc(N)c3c(-c4cccc5[nH]ncc45)cn(C(C)C)c3n2)cn1. The first-order valence-corrected chi connectivity index (χ1v) is 11.5. The number of H-pyrrole nitrogens is 1. The predicted octanol–water partition coefficient (Wildman–Crippen LogP) is 4.37. The normalized spacial score (nSPS) is 11.5. The third kappa shape index (κ3) is 3.92. The van der Waals surface area contributed by atoms with Gasteiger partial charge in [-0.25, -0.2) is 4.98 Å². The number of anilines is 3. The molecular formula is C25H27N9O. The number of nitrogens with two attached hydrogens (primary N) is 1. The van der Waals surface area contributed by atoms with Gasteiger partial charge in [-0.3, -0.25) is 9.89 Å². The molecule has 178 valence electrons. The monoisotopic (exact) mass is 469 g/mol. The summed E-state index contributed by atoms with van der Waals surface area (Å²) in [6, 6.07) is 9.63. The molecule has 5 aromatic rings. The van der Waals surface area contributed by atoms with Gasteiger partial charge in [0.25, 0.3) is 5.91 Å². The molecule has 0 fully saturated rings. The van der Waals surface area contributed by atoms with Gasteiger partial charge in [-0.05, 0) is 44.5 Å². The van der Waals surface area contributed by atoms with Gasteiger partial charge in [0.1, 0.15) is 17.2 Å². The van der Waals surface area contributed by atoms with Crippen molar-refractivity contribution in [2.24, 2.45) is 0 Å². The Bertz CT molecular complexity index is 1530. The van der Waals surface area contributed by atoms with Crippen molar-refractivity contribution in [2.75, 3.05) is 24.6 Å². The number of nitrogens with one attached hydrogen (secondary N) is 2. The van der Waals surface area contributed by atoms with Crippen LogP contribution < -0.4 is 11.1 Å². The molecule has 4 N–H and O–H groups in total. The quantitative estimate of drug-likeness (QED) is 0.337. The van der Waals surface area contributed by atoms with Gasteiger partial charge in [0.15, 0.2) is 0 Å². The van der Waals surface area contributed by atoms with Gasteiger partial charge in [0, 0.05) is 36.8 Å². The molecule has 10 nitrogen and oxygen atoms in total. The molecule has 0 saturated heterocycles. The van der Waals surface area contributed by atoms with Gasteiger partial charge in [-0.15, -0.1) is 0 Å². The van der Waals surface area contributed by atoms with E-state index in [1.54, 1.807) is 30.3 Å². The molecule has 4 heterocycles. The number of pyridine rings is 1. The first kappa shape index (κ1) is 22.3. The summed E-state index contributed by atoms with van der Waals surface area (Å²) in [4.78, 5) is 27.5. The molecule has 35 heavy (non-hydrogen) atoms. The molecule has 0 radical (unpaired) electrons. The Morgan fingerprint density at radius 1 is 1.17 bits per heavy atom. The van der Waals surface area contributed by atoms with Crippen molar-refractivity contribution in [1.82, 2.24) is 34.6 Å². The highest BCUT2D eigenvalue weighted by molar-refractivity contribution is 6.07. The van der Waals surface area contributed by atoms with E-state index in [-0.39, 0.29) is 11.9 Å². The number of aromatic nitrogens is 6. The van der Waals surface area contributed by atoms with Crippen LogP contribution in [0.2, 0.25) is 0 Å². The molecule has 1 aromatic carbocycles. The summed E-state index contributed by atoms with van der Waals surface area (Å²) >= 11 is 0. The van der Waals surface area contributed by atoms with Gasteiger partial charge < -0.3 is 20.5 Å². The molecule has 0 bridgehead atoms. The summed E-state index contributed by atoms with van der Waals surface area (Å²) < 4.78 is 2.09. The molecule has 1 amide bonds. The molecule has 0 saturated carbocycles. The summed E-state index contributed by atoms with van der Waals surface area (Å²) in [5, 5.41) is 12.2. The number of hydrogen-bond donors (Lipinski definition) is 3. The lowest BCUT2D eigenvalue weighted by Crippen LogP contribution is -2.26. The van der Waals surface area contributed by atoms with Crippen LogP contribution in [0.5, 0.6) is 0 Å². The lowest BCUT2D eigenvalue weighted by Gasteiger charge is -2.14. The molecule has 0 aliphatic carbocycles. The Morgan fingerprint density at radius 2 is 2.00 bits per heavy atom. The minimum absolute atomic E-state index is 0.129. The average molecular weight is 470 g/mol. The third-order valence-electron chi connectivity index (χ3n) is 6.09. The Morgan fingerprint density at radius 3 is 2.71 bits per heavy atom. The fourth-order valence-electron chi connectivity index (χ4n) is 4.10. The van der Waals surface area contributed by atoms with E-state index < -0.39 is 0 Å². The smallest absolute Gasteiger partial charge is 0.272 e. The number of amides is 1. The minimum Gasteiger partial charge on any atom is -0.383 e. The Hall–Kier alpha value is -4.47. The van der Waals surface area contributed by atoms with Crippen LogP contribution in [0.1, 0.15) is 37.3 Å². The molecular weight excluding hydrogens is 442 g/mol.